The summed E-state index contributed by atoms with van der Waals surface area (Å²) >= 11 is 5.74. The number of alkyl halides is 3. The zero-order chi connectivity index (χ0) is 21.7. The molecule has 1 amide bonds. The van der Waals surface area contributed by atoms with Gasteiger partial charge in [-0.25, -0.2) is 8.42 Å². The van der Waals surface area contributed by atoms with Gasteiger partial charge >= 0.3 is 6.18 Å². The number of sulfonamides is 1. The van der Waals surface area contributed by atoms with Gasteiger partial charge in [0.2, 0.25) is 15.9 Å². The second-order valence-corrected chi connectivity index (χ2v) is 8.52. The minimum atomic E-state index is -4.43. The van der Waals surface area contributed by atoms with Crippen molar-refractivity contribution in [2.45, 2.75) is 17.6 Å². The lowest BCUT2D eigenvalue weighted by Crippen LogP contribution is -2.38. The fourth-order valence-corrected chi connectivity index (χ4v) is 3.45. The molecule has 1 N–H and O–H groups in total. The van der Waals surface area contributed by atoms with E-state index in [1.165, 1.54) is 55.6 Å². The van der Waals surface area contributed by atoms with Crippen molar-refractivity contribution in [2.75, 3.05) is 20.2 Å². The third kappa shape index (κ3) is 7.22. The Balaban J connectivity index is 1.86. The molecular weight excluding hydrogens is 433 g/mol. The summed E-state index contributed by atoms with van der Waals surface area (Å²) in [7, 11) is -2.58. The zero-order valence-electron chi connectivity index (χ0n) is 15.2. The predicted molar refractivity (Wildman–Crippen MR) is 101 cm³/mol. The van der Waals surface area contributed by atoms with Crippen LogP contribution in [0.3, 0.4) is 0 Å². The molecule has 29 heavy (non-hydrogen) atoms. The minimum absolute atomic E-state index is 0.00615. The number of likely N-dealkylation sites (N-methyl/N-ethyl adjacent to an activating group) is 1. The van der Waals surface area contributed by atoms with E-state index in [1.807, 2.05) is 0 Å². The number of halogens is 4. The monoisotopic (exact) mass is 450 g/mol. The van der Waals surface area contributed by atoms with Gasteiger partial charge in [-0.05, 0) is 42.0 Å². The van der Waals surface area contributed by atoms with E-state index < -0.39 is 35.3 Å². The van der Waals surface area contributed by atoms with Crippen molar-refractivity contribution in [2.24, 2.45) is 0 Å². The van der Waals surface area contributed by atoms with Gasteiger partial charge in [-0.1, -0.05) is 23.7 Å². The van der Waals surface area contributed by atoms with Crippen LogP contribution in [-0.2, 0) is 21.4 Å². The normalized spacial score (nSPS) is 12.1. The molecule has 0 spiro atoms. The Hall–Kier alpha value is -2.30. The number of nitrogens with one attached hydrogen (secondary N) is 1. The van der Waals surface area contributed by atoms with Crippen molar-refractivity contribution in [3.63, 3.8) is 0 Å². The van der Waals surface area contributed by atoms with Gasteiger partial charge in [-0.2, -0.15) is 17.5 Å². The fraction of sp³-hybridized carbons (Fsp3) is 0.278. The summed E-state index contributed by atoms with van der Waals surface area (Å²) in [6.45, 7) is -1.72. The third-order valence-corrected chi connectivity index (χ3v) is 5.77. The highest BCUT2D eigenvalue weighted by molar-refractivity contribution is 7.89. The fourth-order valence-electron chi connectivity index (χ4n) is 2.20. The molecule has 0 aromatic heterocycles. The van der Waals surface area contributed by atoms with Crippen LogP contribution in [0.1, 0.15) is 5.56 Å². The quantitative estimate of drug-likeness (QED) is 0.670. The van der Waals surface area contributed by atoms with Crippen LogP contribution in [0.4, 0.5) is 13.2 Å². The van der Waals surface area contributed by atoms with Crippen molar-refractivity contribution < 1.29 is 31.1 Å². The number of amides is 1. The molecule has 0 saturated carbocycles. The number of carbonyl (C=O) groups is 1. The first-order valence-corrected chi connectivity index (χ1v) is 10.1. The molecule has 0 atom stereocenters. The number of hydrogen-bond acceptors (Lipinski definition) is 4. The SMILES string of the molecule is CN(CC(=O)NCc1ccc(OCC(F)(F)F)cc1)S(=O)(=O)c1ccc(Cl)cc1. The largest absolute Gasteiger partial charge is 0.484 e. The van der Waals surface area contributed by atoms with Crippen LogP contribution >= 0.6 is 11.6 Å². The molecule has 0 radical (unpaired) electrons. The number of rotatable bonds is 8. The maximum atomic E-state index is 12.4. The predicted octanol–water partition coefficient (Wildman–Crippen LogP) is 3.22. The molecule has 2 aromatic rings. The Morgan fingerprint density at radius 3 is 2.24 bits per heavy atom. The van der Waals surface area contributed by atoms with Crippen LogP contribution in [0, 0.1) is 0 Å². The maximum absolute atomic E-state index is 12.4. The van der Waals surface area contributed by atoms with Crippen LogP contribution in [0.5, 0.6) is 5.75 Å². The number of benzene rings is 2. The molecule has 0 heterocycles. The van der Waals surface area contributed by atoms with Gasteiger partial charge in [0.25, 0.3) is 0 Å². The smallest absolute Gasteiger partial charge is 0.422 e. The van der Waals surface area contributed by atoms with Crippen molar-refractivity contribution in [3.8, 4) is 5.75 Å². The first-order valence-electron chi connectivity index (χ1n) is 8.24. The summed E-state index contributed by atoms with van der Waals surface area (Å²) in [5.74, 6) is -0.492. The summed E-state index contributed by atoms with van der Waals surface area (Å²) in [6, 6.07) is 11.3. The molecule has 6 nitrogen and oxygen atoms in total. The van der Waals surface area contributed by atoms with Crippen LogP contribution in [0.15, 0.2) is 53.4 Å². The third-order valence-electron chi connectivity index (χ3n) is 3.70. The number of hydrogen-bond donors (Lipinski definition) is 1. The Morgan fingerprint density at radius 1 is 1.10 bits per heavy atom. The molecule has 0 aliphatic rings. The van der Waals surface area contributed by atoms with E-state index >= 15 is 0 Å². The lowest BCUT2D eigenvalue weighted by Gasteiger charge is -2.17. The highest BCUT2D eigenvalue weighted by Crippen LogP contribution is 2.19. The molecule has 0 fully saturated rings. The Labute approximate surface area is 171 Å². The first kappa shape index (κ1) is 23.0. The van der Waals surface area contributed by atoms with E-state index in [0.717, 1.165) is 4.31 Å². The van der Waals surface area contributed by atoms with E-state index in [1.54, 1.807) is 0 Å². The molecule has 0 saturated heterocycles. The lowest BCUT2D eigenvalue weighted by molar-refractivity contribution is -0.153. The van der Waals surface area contributed by atoms with E-state index in [4.69, 9.17) is 11.6 Å². The van der Waals surface area contributed by atoms with Crippen LogP contribution in [0.2, 0.25) is 5.02 Å². The topological polar surface area (TPSA) is 75.7 Å². The molecule has 2 aromatic carbocycles. The number of nitrogens with zero attached hydrogens (tertiary/aromatic N) is 1. The van der Waals surface area contributed by atoms with Gasteiger partial charge in [-0.15, -0.1) is 0 Å². The van der Waals surface area contributed by atoms with Crippen molar-refractivity contribution in [1.82, 2.24) is 9.62 Å². The van der Waals surface area contributed by atoms with Gasteiger partial charge in [0.05, 0.1) is 11.4 Å². The zero-order valence-corrected chi connectivity index (χ0v) is 16.8. The summed E-state index contributed by atoms with van der Waals surface area (Å²) in [6.07, 6.45) is -4.43. The molecule has 0 aliphatic heterocycles. The van der Waals surface area contributed by atoms with Crippen molar-refractivity contribution in [1.29, 1.82) is 0 Å². The molecule has 11 heteroatoms. The van der Waals surface area contributed by atoms with E-state index in [-0.39, 0.29) is 17.2 Å². The Bertz CT molecular complexity index is 933. The standard InChI is InChI=1S/C18H18ClF3N2O4S/c1-24(29(26,27)16-8-4-14(19)5-9-16)11-17(25)23-10-13-2-6-15(7-3-13)28-12-18(20,21)22/h2-9H,10-12H2,1H3,(H,23,25). The average molecular weight is 451 g/mol. The summed E-state index contributed by atoms with van der Waals surface area (Å²) in [5.41, 5.74) is 0.612. The van der Waals surface area contributed by atoms with Gasteiger partial charge in [0.15, 0.2) is 6.61 Å². The molecule has 2 rings (SSSR count). The summed E-state index contributed by atoms with van der Waals surface area (Å²) < 4.78 is 66.7. The first-order chi connectivity index (χ1) is 13.5. The second kappa shape index (κ2) is 9.47. The highest BCUT2D eigenvalue weighted by Gasteiger charge is 2.28. The van der Waals surface area contributed by atoms with E-state index in [0.29, 0.717) is 10.6 Å². The Morgan fingerprint density at radius 2 is 1.69 bits per heavy atom. The second-order valence-electron chi connectivity index (χ2n) is 6.04. The number of carbonyl (C=O) groups excluding carboxylic acids is 1. The molecule has 0 bridgehead atoms. The van der Waals surface area contributed by atoms with Crippen LogP contribution in [-0.4, -0.2) is 45.0 Å². The number of ether oxygens (including phenoxy) is 1. The Kier molecular flexibility index (Phi) is 7.50. The lowest BCUT2D eigenvalue weighted by atomic mass is 10.2. The van der Waals surface area contributed by atoms with Crippen LogP contribution in [0.25, 0.3) is 0 Å². The van der Waals surface area contributed by atoms with E-state index in [2.05, 4.69) is 10.1 Å². The highest BCUT2D eigenvalue weighted by atomic mass is 35.5. The van der Waals surface area contributed by atoms with Gasteiger partial charge in [-0.3, -0.25) is 4.79 Å². The maximum Gasteiger partial charge on any atom is 0.422 e. The molecule has 158 valence electrons. The molecule has 0 aliphatic carbocycles. The van der Waals surface area contributed by atoms with Gasteiger partial charge in [0.1, 0.15) is 5.75 Å². The molecule has 0 unspecified atom stereocenters. The average Bonchev–Trinajstić information content (AvgIpc) is 2.65. The van der Waals surface area contributed by atoms with Crippen molar-refractivity contribution >= 4 is 27.5 Å². The van der Waals surface area contributed by atoms with Gasteiger partial charge < -0.3 is 10.1 Å². The minimum Gasteiger partial charge on any atom is -0.484 e. The van der Waals surface area contributed by atoms with Gasteiger partial charge in [0, 0.05) is 18.6 Å². The summed E-state index contributed by atoms with van der Waals surface area (Å²) in [4.78, 5) is 12.1. The summed E-state index contributed by atoms with van der Waals surface area (Å²) in [5, 5.41) is 2.94. The molecular formula is C18H18ClF3N2O4S. The van der Waals surface area contributed by atoms with E-state index in [9.17, 15) is 26.4 Å². The van der Waals surface area contributed by atoms with Crippen molar-refractivity contribution in [3.05, 3.63) is 59.1 Å². The van der Waals surface area contributed by atoms with Crippen LogP contribution < -0.4 is 10.1 Å².